The van der Waals surface area contributed by atoms with Crippen molar-refractivity contribution in [2.24, 2.45) is 4.99 Å². The molecule has 0 aromatic rings. The second kappa shape index (κ2) is 7.38. The van der Waals surface area contributed by atoms with Crippen molar-refractivity contribution in [3.05, 3.63) is 12.2 Å². The summed E-state index contributed by atoms with van der Waals surface area (Å²) in [7, 11) is -1.35. The molecule has 0 unspecified atom stereocenters. The van der Waals surface area contributed by atoms with Crippen molar-refractivity contribution in [3.63, 3.8) is 0 Å². The minimum absolute atomic E-state index is 0.422. The van der Waals surface area contributed by atoms with E-state index in [0.29, 0.717) is 19.1 Å². The van der Waals surface area contributed by atoms with Crippen LogP contribution in [0.1, 0.15) is 19.3 Å². The summed E-state index contributed by atoms with van der Waals surface area (Å²) in [5.74, 6) is 0.767. The Kier molecular flexibility index (Phi) is 6.14. The van der Waals surface area contributed by atoms with Crippen molar-refractivity contribution < 1.29 is 8.42 Å². The summed E-state index contributed by atoms with van der Waals surface area (Å²) in [6.45, 7) is 1.12. The lowest BCUT2D eigenvalue weighted by Gasteiger charge is -2.16. The van der Waals surface area contributed by atoms with E-state index in [4.69, 9.17) is 0 Å². The number of rotatable bonds is 6. The highest BCUT2D eigenvalue weighted by atomic mass is 32.2. The van der Waals surface area contributed by atoms with Crippen LogP contribution in [0.25, 0.3) is 0 Å². The third-order valence-corrected chi connectivity index (χ3v) is 3.31. The van der Waals surface area contributed by atoms with Crippen molar-refractivity contribution in [1.29, 1.82) is 0 Å². The summed E-state index contributed by atoms with van der Waals surface area (Å²) in [6, 6.07) is 0.422. The van der Waals surface area contributed by atoms with E-state index < -0.39 is 10.0 Å². The first-order chi connectivity index (χ1) is 8.51. The Hall–Kier alpha value is -1.08. The van der Waals surface area contributed by atoms with E-state index >= 15 is 0 Å². The van der Waals surface area contributed by atoms with Gasteiger partial charge in [0.05, 0.1) is 6.26 Å². The summed E-state index contributed by atoms with van der Waals surface area (Å²) in [5, 5.41) is 6.47. The second-order valence-corrected chi connectivity index (χ2v) is 6.14. The first kappa shape index (κ1) is 15.0. The molecule has 3 N–H and O–H groups in total. The molecular weight excluding hydrogens is 252 g/mol. The van der Waals surface area contributed by atoms with Crippen LogP contribution in [0.15, 0.2) is 17.1 Å². The molecule has 0 saturated carbocycles. The van der Waals surface area contributed by atoms with Gasteiger partial charge in [-0.05, 0) is 19.3 Å². The maximum absolute atomic E-state index is 10.8. The van der Waals surface area contributed by atoms with Crippen LogP contribution < -0.4 is 15.4 Å². The zero-order valence-corrected chi connectivity index (χ0v) is 11.8. The average molecular weight is 274 g/mol. The number of nitrogens with zero attached hydrogens (tertiary/aromatic N) is 1. The zero-order chi connectivity index (χ0) is 13.4. The second-order valence-electron chi connectivity index (χ2n) is 4.30. The molecule has 0 heterocycles. The van der Waals surface area contributed by atoms with Crippen molar-refractivity contribution in [1.82, 2.24) is 15.4 Å². The van der Waals surface area contributed by atoms with Crippen LogP contribution in [-0.4, -0.2) is 46.8 Å². The van der Waals surface area contributed by atoms with Gasteiger partial charge in [0.15, 0.2) is 5.96 Å². The molecule has 6 nitrogen and oxygen atoms in total. The zero-order valence-electron chi connectivity index (χ0n) is 10.9. The van der Waals surface area contributed by atoms with E-state index in [2.05, 4.69) is 32.5 Å². The van der Waals surface area contributed by atoms with Gasteiger partial charge in [0, 0.05) is 26.2 Å². The van der Waals surface area contributed by atoms with E-state index in [1.807, 2.05) is 0 Å². The van der Waals surface area contributed by atoms with Gasteiger partial charge in [-0.25, -0.2) is 13.1 Å². The molecule has 0 aromatic carbocycles. The molecule has 7 heteroatoms. The Labute approximate surface area is 109 Å². The predicted octanol–water partition coefficient (Wildman–Crippen LogP) is -0.191. The molecule has 0 spiro atoms. The highest BCUT2D eigenvalue weighted by Gasteiger charge is 2.11. The molecule has 0 radical (unpaired) electrons. The number of nitrogens with one attached hydrogen (secondary N) is 3. The molecule has 0 saturated heterocycles. The molecule has 0 aliphatic heterocycles. The Morgan fingerprint density at radius 1 is 1.33 bits per heavy atom. The Bertz CT molecular complexity index is 395. The third kappa shape index (κ3) is 6.61. The van der Waals surface area contributed by atoms with Crippen LogP contribution in [0, 0.1) is 0 Å². The lowest BCUT2D eigenvalue weighted by atomic mass is 10.2. The highest BCUT2D eigenvalue weighted by Crippen LogP contribution is 2.08. The van der Waals surface area contributed by atoms with Crippen molar-refractivity contribution in [3.8, 4) is 0 Å². The summed E-state index contributed by atoms with van der Waals surface area (Å²) in [5.41, 5.74) is 0. The number of guanidine groups is 1. The molecule has 0 bridgehead atoms. The first-order valence-corrected chi connectivity index (χ1v) is 7.97. The van der Waals surface area contributed by atoms with Crippen LogP contribution >= 0.6 is 0 Å². The molecule has 1 aliphatic rings. The highest BCUT2D eigenvalue weighted by molar-refractivity contribution is 7.88. The standard InChI is InChI=1S/C11H22N4O2S/c1-12-11(15-10-6-3-4-7-10)13-8-5-9-14-18(2,16)17/h3-4,10,14H,5-9H2,1-2H3,(H2,12,13,15). The van der Waals surface area contributed by atoms with Crippen LogP contribution in [0.2, 0.25) is 0 Å². The smallest absolute Gasteiger partial charge is 0.208 e. The minimum Gasteiger partial charge on any atom is -0.356 e. The number of hydrogen-bond acceptors (Lipinski definition) is 3. The SMILES string of the molecule is CN=C(NCCCNS(C)(=O)=O)NC1CC=CC1. The van der Waals surface area contributed by atoms with Gasteiger partial charge in [-0.15, -0.1) is 0 Å². The average Bonchev–Trinajstić information content (AvgIpc) is 2.78. The van der Waals surface area contributed by atoms with Crippen LogP contribution in [0.4, 0.5) is 0 Å². The lowest BCUT2D eigenvalue weighted by molar-refractivity contribution is 0.583. The van der Waals surface area contributed by atoms with E-state index in [-0.39, 0.29) is 0 Å². The first-order valence-electron chi connectivity index (χ1n) is 6.08. The molecule has 0 aromatic heterocycles. The fourth-order valence-electron chi connectivity index (χ4n) is 1.68. The van der Waals surface area contributed by atoms with E-state index in [1.54, 1.807) is 7.05 Å². The fraction of sp³-hybridized carbons (Fsp3) is 0.727. The Balaban J connectivity index is 2.12. The maximum atomic E-state index is 10.8. The fourth-order valence-corrected chi connectivity index (χ4v) is 2.19. The summed E-state index contributed by atoms with van der Waals surface area (Å²) < 4.78 is 24.1. The topological polar surface area (TPSA) is 82.6 Å². The molecular formula is C11H22N4O2S. The monoisotopic (exact) mass is 274 g/mol. The van der Waals surface area contributed by atoms with Crippen molar-refractivity contribution in [2.45, 2.75) is 25.3 Å². The van der Waals surface area contributed by atoms with Gasteiger partial charge in [0.25, 0.3) is 0 Å². The molecule has 0 amide bonds. The van der Waals surface area contributed by atoms with Gasteiger partial charge in [-0.3, -0.25) is 4.99 Å². The van der Waals surface area contributed by atoms with Crippen LogP contribution in [0.3, 0.4) is 0 Å². The van der Waals surface area contributed by atoms with Gasteiger partial charge < -0.3 is 10.6 Å². The third-order valence-electron chi connectivity index (χ3n) is 2.58. The van der Waals surface area contributed by atoms with Crippen LogP contribution in [0.5, 0.6) is 0 Å². The van der Waals surface area contributed by atoms with Gasteiger partial charge in [0.2, 0.25) is 10.0 Å². The van der Waals surface area contributed by atoms with Crippen molar-refractivity contribution in [2.75, 3.05) is 26.4 Å². The van der Waals surface area contributed by atoms with E-state index in [1.165, 1.54) is 0 Å². The quantitative estimate of drug-likeness (QED) is 0.271. The predicted molar refractivity (Wildman–Crippen MR) is 74.1 cm³/mol. The van der Waals surface area contributed by atoms with Crippen molar-refractivity contribution >= 4 is 16.0 Å². The number of hydrogen-bond donors (Lipinski definition) is 3. The maximum Gasteiger partial charge on any atom is 0.208 e. The number of aliphatic imine (C=N–C) groups is 1. The minimum atomic E-state index is -3.08. The van der Waals surface area contributed by atoms with E-state index in [0.717, 1.165) is 31.5 Å². The molecule has 104 valence electrons. The summed E-state index contributed by atoms with van der Waals surface area (Å²) in [6.07, 6.45) is 8.24. The van der Waals surface area contributed by atoms with E-state index in [9.17, 15) is 8.42 Å². The molecule has 0 atom stereocenters. The Morgan fingerprint density at radius 3 is 2.56 bits per heavy atom. The lowest BCUT2D eigenvalue weighted by Crippen LogP contribution is -2.43. The largest absolute Gasteiger partial charge is 0.356 e. The van der Waals surface area contributed by atoms with Crippen LogP contribution in [-0.2, 0) is 10.0 Å². The normalized spacial score (nSPS) is 17.1. The Morgan fingerprint density at radius 2 is 2.00 bits per heavy atom. The van der Waals surface area contributed by atoms with Gasteiger partial charge in [-0.2, -0.15) is 0 Å². The molecule has 18 heavy (non-hydrogen) atoms. The molecule has 1 rings (SSSR count). The summed E-state index contributed by atoms with van der Waals surface area (Å²) in [4.78, 5) is 4.13. The molecule has 1 aliphatic carbocycles. The summed E-state index contributed by atoms with van der Waals surface area (Å²) >= 11 is 0. The van der Waals surface area contributed by atoms with Gasteiger partial charge >= 0.3 is 0 Å². The van der Waals surface area contributed by atoms with Gasteiger partial charge in [0.1, 0.15) is 0 Å². The number of sulfonamides is 1. The molecule has 0 fully saturated rings. The van der Waals surface area contributed by atoms with Gasteiger partial charge in [-0.1, -0.05) is 12.2 Å².